The van der Waals surface area contributed by atoms with Crippen LogP contribution in [0.2, 0.25) is 0 Å². The highest BCUT2D eigenvalue weighted by Gasteiger charge is 2.60. The zero-order valence-electron chi connectivity index (χ0n) is 24.6. The minimum Gasteiger partial charge on any atom is -0.455 e. The molecule has 43 heavy (non-hydrogen) atoms. The molecule has 6 atom stereocenters. The molecule has 0 bridgehead atoms. The Labute approximate surface area is 250 Å². The Hall–Kier alpha value is -3.55. The summed E-state index contributed by atoms with van der Waals surface area (Å²) in [5, 5.41) is 5.10. The van der Waals surface area contributed by atoms with Gasteiger partial charge in [0.25, 0.3) is 0 Å². The summed E-state index contributed by atoms with van der Waals surface area (Å²) >= 11 is 0. The molecular weight excluding hydrogens is 560 g/mol. The second-order valence-corrected chi connectivity index (χ2v) is 11.6. The molecule has 0 radical (unpaired) electrons. The van der Waals surface area contributed by atoms with Crippen LogP contribution in [0, 0.1) is 0 Å². The van der Waals surface area contributed by atoms with Crippen molar-refractivity contribution in [3.05, 3.63) is 71.8 Å². The molecule has 0 aromatic heterocycles. The Kier molecular flexibility index (Phi) is 9.33. The van der Waals surface area contributed by atoms with Gasteiger partial charge in [-0.2, -0.15) is 0 Å². The Morgan fingerprint density at radius 2 is 1.56 bits per heavy atom. The monoisotopic (exact) mass is 598 g/mol. The van der Waals surface area contributed by atoms with Gasteiger partial charge in [-0.15, -0.1) is 0 Å². The Bertz CT molecular complexity index is 1270. The van der Waals surface area contributed by atoms with Gasteiger partial charge in [0.2, 0.25) is 5.91 Å². The Morgan fingerprint density at radius 3 is 2.21 bits per heavy atom. The van der Waals surface area contributed by atoms with Crippen molar-refractivity contribution in [1.29, 1.82) is 0 Å². The van der Waals surface area contributed by atoms with Gasteiger partial charge in [0.1, 0.15) is 31.4 Å². The molecule has 0 unspecified atom stereocenters. The molecule has 5 rings (SSSR count). The maximum atomic E-state index is 13.7. The molecule has 3 heterocycles. The smallest absolute Gasteiger partial charge is 0.407 e. The molecule has 2 N–H and O–H groups in total. The number of carbonyl (C=O) groups excluding carboxylic acids is 3. The maximum absolute atomic E-state index is 13.7. The SMILES string of the molecule is CC1(C)O[C@@H]2O[C@H]([C@@H]3COC(C)(C)O3)[C@H](OC(=O)[C@H](Cc3ccccc3)NC(=O)CNC(=O)OCc3ccccc3)[C@@H]2O1. The molecule has 2 aromatic carbocycles. The van der Waals surface area contributed by atoms with E-state index in [-0.39, 0.29) is 19.6 Å². The zero-order chi connectivity index (χ0) is 30.6. The second kappa shape index (κ2) is 13.0. The topological polar surface area (TPSA) is 140 Å². The first-order valence-corrected chi connectivity index (χ1v) is 14.3. The highest BCUT2D eigenvalue weighted by atomic mass is 16.8. The van der Waals surface area contributed by atoms with Crippen LogP contribution in [0.25, 0.3) is 0 Å². The quantitative estimate of drug-likeness (QED) is 0.392. The zero-order valence-corrected chi connectivity index (χ0v) is 24.6. The fourth-order valence-corrected chi connectivity index (χ4v) is 5.25. The fraction of sp³-hybridized carbons (Fsp3) is 0.516. The van der Waals surface area contributed by atoms with E-state index >= 15 is 0 Å². The lowest BCUT2D eigenvalue weighted by molar-refractivity contribution is -0.235. The van der Waals surface area contributed by atoms with Gasteiger partial charge in [0.05, 0.1) is 6.61 Å². The molecule has 232 valence electrons. The van der Waals surface area contributed by atoms with Crippen molar-refractivity contribution in [1.82, 2.24) is 10.6 Å². The van der Waals surface area contributed by atoms with Crippen molar-refractivity contribution in [3.8, 4) is 0 Å². The third kappa shape index (κ3) is 8.09. The number of benzene rings is 2. The van der Waals surface area contributed by atoms with E-state index in [0.29, 0.717) is 0 Å². The average molecular weight is 599 g/mol. The third-order valence-corrected chi connectivity index (χ3v) is 7.18. The Morgan fingerprint density at radius 1 is 0.884 bits per heavy atom. The van der Waals surface area contributed by atoms with Gasteiger partial charge in [-0.25, -0.2) is 9.59 Å². The summed E-state index contributed by atoms with van der Waals surface area (Å²) in [5.41, 5.74) is 1.61. The molecule has 12 nitrogen and oxygen atoms in total. The molecule has 3 aliphatic rings. The van der Waals surface area contributed by atoms with Gasteiger partial charge >= 0.3 is 12.1 Å². The minimum absolute atomic E-state index is 0.0551. The van der Waals surface area contributed by atoms with Gasteiger partial charge < -0.3 is 43.8 Å². The molecule has 3 aliphatic heterocycles. The Balaban J connectivity index is 1.24. The van der Waals surface area contributed by atoms with Crippen LogP contribution in [0.3, 0.4) is 0 Å². The summed E-state index contributed by atoms with van der Waals surface area (Å²) in [6.45, 7) is 6.95. The van der Waals surface area contributed by atoms with E-state index in [9.17, 15) is 14.4 Å². The standard InChI is InChI=1S/C31H38N2O10/c1-30(2)38-18-22(41-30)24-25(26-28(40-24)43-31(3,4)42-26)39-27(35)21(15-19-11-7-5-8-12-19)33-23(34)16-32-29(36)37-17-20-13-9-6-10-14-20/h5-14,21-22,24-26,28H,15-18H2,1-4H3,(H,32,36)(H,33,34)/t21-,22-,24+,25-,26-,28-/m0/s1. The van der Waals surface area contributed by atoms with Crippen molar-refractivity contribution in [2.45, 2.75) is 89.0 Å². The second-order valence-electron chi connectivity index (χ2n) is 11.6. The highest BCUT2D eigenvalue weighted by Crippen LogP contribution is 2.42. The lowest BCUT2D eigenvalue weighted by Gasteiger charge is -2.30. The van der Waals surface area contributed by atoms with Crippen molar-refractivity contribution in [2.75, 3.05) is 13.2 Å². The first-order chi connectivity index (χ1) is 20.5. The van der Waals surface area contributed by atoms with Gasteiger partial charge in [0.15, 0.2) is 30.1 Å². The van der Waals surface area contributed by atoms with Crippen molar-refractivity contribution in [3.63, 3.8) is 0 Å². The molecule has 0 spiro atoms. The van der Waals surface area contributed by atoms with Gasteiger partial charge in [0, 0.05) is 6.42 Å². The number of hydrogen-bond acceptors (Lipinski definition) is 10. The van der Waals surface area contributed by atoms with Gasteiger partial charge in [-0.3, -0.25) is 4.79 Å². The predicted molar refractivity (Wildman–Crippen MR) is 150 cm³/mol. The van der Waals surface area contributed by atoms with Crippen LogP contribution in [-0.4, -0.2) is 79.4 Å². The first kappa shape index (κ1) is 30.9. The number of alkyl carbamates (subject to hydrolysis) is 1. The van der Waals surface area contributed by atoms with Crippen LogP contribution in [-0.2, 0) is 55.8 Å². The number of nitrogens with one attached hydrogen (secondary N) is 2. The summed E-state index contributed by atoms with van der Waals surface area (Å²) in [4.78, 5) is 38.7. The fourth-order valence-electron chi connectivity index (χ4n) is 5.25. The molecule has 12 heteroatoms. The number of ether oxygens (including phenoxy) is 7. The molecule has 2 amide bonds. The van der Waals surface area contributed by atoms with Crippen molar-refractivity contribution in [2.24, 2.45) is 0 Å². The van der Waals surface area contributed by atoms with E-state index in [1.165, 1.54) is 0 Å². The van der Waals surface area contributed by atoms with E-state index < -0.39 is 72.8 Å². The number of amides is 2. The maximum Gasteiger partial charge on any atom is 0.407 e. The lowest BCUT2D eigenvalue weighted by atomic mass is 10.0. The molecule has 0 aliphatic carbocycles. The van der Waals surface area contributed by atoms with E-state index in [2.05, 4.69) is 10.6 Å². The van der Waals surface area contributed by atoms with E-state index in [1.807, 2.05) is 60.7 Å². The number of carbonyl (C=O) groups is 3. The number of fused-ring (bicyclic) bond motifs is 1. The molecule has 3 fully saturated rings. The molecule has 2 aromatic rings. The van der Waals surface area contributed by atoms with Crippen molar-refractivity contribution >= 4 is 18.0 Å². The van der Waals surface area contributed by atoms with Crippen LogP contribution in [0.5, 0.6) is 0 Å². The normalized spacial score (nSPS) is 27.6. The van der Waals surface area contributed by atoms with E-state index in [1.54, 1.807) is 27.7 Å². The van der Waals surface area contributed by atoms with Crippen molar-refractivity contribution < 1.29 is 47.5 Å². The first-order valence-electron chi connectivity index (χ1n) is 14.3. The summed E-state index contributed by atoms with van der Waals surface area (Å²) in [7, 11) is 0. The van der Waals surface area contributed by atoms with Crippen LogP contribution >= 0.6 is 0 Å². The van der Waals surface area contributed by atoms with Crippen LogP contribution in [0.1, 0.15) is 38.8 Å². The van der Waals surface area contributed by atoms with E-state index in [4.69, 9.17) is 33.2 Å². The minimum atomic E-state index is -1.08. The number of rotatable bonds is 10. The highest BCUT2D eigenvalue weighted by molar-refractivity contribution is 5.87. The van der Waals surface area contributed by atoms with Crippen LogP contribution in [0.15, 0.2) is 60.7 Å². The predicted octanol–water partition coefficient (Wildman–Crippen LogP) is 2.58. The lowest BCUT2D eigenvalue weighted by Crippen LogP contribution is -2.51. The van der Waals surface area contributed by atoms with Gasteiger partial charge in [-0.1, -0.05) is 60.7 Å². The van der Waals surface area contributed by atoms with E-state index in [0.717, 1.165) is 11.1 Å². The largest absolute Gasteiger partial charge is 0.455 e. The van der Waals surface area contributed by atoms with Crippen LogP contribution in [0.4, 0.5) is 4.79 Å². The molecular formula is C31H38N2O10. The summed E-state index contributed by atoms with van der Waals surface area (Å²) < 4.78 is 41.0. The summed E-state index contributed by atoms with van der Waals surface area (Å²) in [6.07, 6.45) is -4.28. The average Bonchev–Trinajstić information content (AvgIpc) is 3.60. The van der Waals surface area contributed by atoms with Crippen LogP contribution < -0.4 is 10.6 Å². The molecule has 0 saturated carbocycles. The third-order valence-electron chi connectivity index (χ3n) is 7.18. The molecule has 3 saturated heterocycles. The number of hydrogen-bond donors (Lipinski definition) is 2. The van der Waals surface area contributed by atoms with Gasteiger partial charge in [-0.05, 0) is 38.8 Å². The summed E-state index contributed by atoms with van der Waals surface area (Å²) in [6, 6.07) is 17.3. The number of esters is 1. The summed E-state index contributed by atoms with van der Waals surface area (Å²) in [5.74, 6) is -3.08.